The van der Waals surface area contributed by atoms with Gasteiger partial charge < -0.3 is 38.8 Å². The molecule has 13 nitrogen and oxygen atoms in total. The number of benzene rings is 12. The van der Waals surface area contributed by atoms with E-state index in [1.54, 1.807) is 61.7 Å². The second-order valence-corrected chi connectivity index (χ2v) is 27.3. The highest BCUT2D eigenvalue weighted by molar-refractivity contribution is 9.11. The molecular weight excluding hydrogens is 1670 g/mol. The summed E-state index contributed by atoms with van der Waals surface area (Å²) in [5, 5.41) is 24.9. The molecular formula is C91H92BBr4ClO13. The Morgan fingerprint density at radius 3 is 1.00 bits per heavy atom. The van der Waals surface area contributed by atoms with Crippen molar-refractivity contribution in [2.24, 2.45) is 0 Å². The van der Waals surface area contributed by atoms with Gasteiger partial charge in [-0.25, -0.2) is 9.59 Å². The zero-order valence-electron chi connectivity index (χ0n) is 62.9. The quantitative estimate of drug-likeness (QED) is 0.0443. The first-order valence-electron chi connectivity index (χ1n) is 34.6. The van der Waals surface area contributed by atoms with E-state index in [2.05, 4.69) is 151 Å². The van der Waals surface area contributed by atoms with E-state index in [1.165, 1.54) is 41.8 Å². The molecule has 0 fully saturated rings. The number of methoxy groups -OCH3 is 2. The smallest absolute Gasteiger partial charge is 0.448 e. The number of hydrogen-bond acceptors (Lipinski definition) is 12. The van der Waals surface area contributed by atoms with Crippen molar-refractivity contribution in [1.29, 1.82) is 0 Å². The fourth-order valence-electron chi connectivity index (χ4n) is 9.00. The minimum Gasteiger partial charge on any atom is -0.497 e. The second-order valence-electron chi connectivity index (χ2n) is 23.5. The number of aryl methyl sites for hydroxylation is 6. The lowest BCUT2D eigenvalue weighted by molar-refractivity contribution is 0.0593. The number of carboxylic acids is 1. The summed E-state index contributed by atoms with van der Waals surface area (Å²) in [4.78, 5) is 53.2. The first-order valence-corrected chi connectivity index (χ1v) is 38.2. The monoisotopic (exact) mass is 1750 g/mol. The van der Waals surface area contributed by atoms with Crippen LogP contribution in [-0.4, -0.2) is 67.3 Å². The van der Waals surface area contributed by atoms with Crippen molar-refractivity contribution in [1.82, 2.24) is 0 Å². The van der Waals surface area contributed by atoms with Crippen LogP contribution >= 0.6 is 75.3 Å². The number of esters is 1. The molecule has 0 aliphatic carbocycles. The van der Waals surface area contributed by atoms with Gasteiger partial charge in [-0.15, -0.1) is 0 Å². The lowest BCUT2D eigenvalue weighted by Gasteiger charge is -2.14. The van der Waals surface area contributed by atoms with Crippen LogP contribution in [0.4, 0.5) is 0 Å². The zero-order chi connectivity index (χ0) is 80.9. The van der Waals surface area contributed by atoms with Gasteiger partial charge in [0.25, 0.3) is 0 Å². The van der Waals surface area contributed by atoms with Gasteiger partial charge in [-0.05, 0) is 184 Å². The standard InChI is InChI=1S/C16H14BrClO3.C15H13BrO3.C14H13BrO.C8H9BrO.2C8H10.3C7H6O.CH5BO2/c1-10-8-12(21-9-11-6-4-3-5-7-11)13(16(19)20-2)14(17)15(10)18;1-10-7-12(16)14(15(17)18)13(8-10)19-9-11-5-3-2-4-6-11;1-11-7-13(15)9-14(8-11)16-10-12-5-3-2-4-6-12;1-6-3-7(9)5-8(4-6)10-2;2*1-2-8-6-4-3-5-7-8;3*8-6-7-4-2-1-3-5-7;1-2(3)4/h3-8H,9H2,1-2H3;2-8H,9H2,1H3,(H,17,18);2-9H,10H2,1H3;3-5H,1-2H3;2*3-7H,2H2,1H3;3*1-6H;3-4H,1H3. The molecule has 0 heterocycles. The Morgan fingerprint density at radius 2 is 0.709 bits per heavy atom. The maximum Gasteiger partial charge on any atom is 0.448 e. The minimum absolute atomic E-state index is 0.154. The van der Waals surface area contributed by atoms with Crippen molar-refractivity contribution < 1.29 is 62.8 Å². The van der Waals surface area contributed by atoms with Crippen molar-refractivity contribution in [2.45, 2.75) is 81.0 Å². The largest absolute Gasteiger partial charge is 0.497 e. The van der Waals surface area contributed by atoms with Gasteiger partial charge >= 0.3 is 19.1 Å². The number of hydrogen-bond donors (Lipinski definition) is 3. The number of aromatic carboxylic acids is 1. The third-order valence-electron chi connectivity index (χ3n) is 14.5. The summed E-state index contributed by atoms with van der Waals surface area (Å²) in [6.45, 7) is 14.7. The maximum atomic E-state index is 11.9. The van der Waals surface area contributed by atoms with Crippen molar-refractivity contribution >= 4 is 113 Å². The van der Waals surface area contributed by atoms with E-state index < -0.39 is 19.1 Å². The number of halogens is 5. The highest BCUT2D eigenvalue weighted by Crippen LogP contribution is 2.37. The molecule has 0 aliphatic rings. The van der Waals surface area contributed by atoms with Crippen molar-refractivity contribution in [3.8, 4) is 23.0 Å². The molecule has 0 spiro atoms. The molecule has 3 N–H and O–H groups in total. The van der Waals surface area contributed by atoms with Gasteiger partial charge in [-0.3, -0.25) is 14.4 Å². The summed E-state index contributed by atoms with van der Waals surface area (Å²) in [6.07, 6.45) is 4.78. The third-order valence-corrected chi connectivity index (χ3v) is 17.5. The Morgan fingerprint density at radius 1 is 0.409 bits per heavy atom. The van der Waals surface area contributed by atoms with Crippen LogP contribution in [0, 0.1) is 27.7 Å². The molecule has 12 rings (SSSR count). The van der Waals surface area contributed by atoms with Gasteiger partial charge in [0.15, 0.2) is 0 Å². The third kappa shape index (κ3) is 40.4. The molecule has 0 aliphatic heterocycles. The lowest BCUT2D eigenvalue weighted by atomic mass is 9.99. The van der Waals surface area contributed by atoms with Crippen molar-refractivity contribution in [3.63, 3.8) is 0 Å². The van der Waals surface area contributed by atoms with Crippen LogP contribution in [0.1, 0.15) is 116 Å². The van der Waals surface area contributed by atoms with Gasteiger partial charge in [-0.2, -0.15) is 0 Å². The molecule has 0 atom stereocenters. The molecule has 0 radical (unpaired) electrons. The van der Waals surface area contributed by atoms with E-state index in [4.69, 9.17) is 45.3 Å². The summed E-state index contributed by atoms with van der Waals surface area (Å²) in [7, 11) is 1.82. The fourth-order valence-corrected chi connectivity index (χ4v) is 11.7. The van der Waals surface area contributed by atoms with Crippen LogP contribution in [0.15, 0.2) is 315 Å². The van der Waals surface area contributed by atoms with Gasteiger partial charge in [0.1, 0.15) is 72.8 Å². The zero-order valence-corrected chi connectivity index (χ0v) is 70.0. The topological polar surface area (TPSA) is 192 Å². The Bertz CT molecular complexity index is 4370. The normalized spacial score (nSPS) is 9.49. The molecule has 572 valence electrons. The van der Waals surface area contributed by atoms with E-state index in [0.29, 0.717) is 50.9 Å². The predicted octanol–water partition coefficient (Wildman–Crippen LogP) is 24.0. The van der Waals surface area contributed by atoms with Crippen LogP contribution in [-0.2, 0) is 37.4 Å². The van der Waals surface area contributed by atoms with Crippen LogP contribution in [0.5, 0.6) is 23.0 Å². The van der Waals surface area contributed by atoms with Gasteiger partial charge in [-0.1, -0.05) is 300 Å². The molecule has 0 aromatic heterocycles. The first-order chi connectivity index (χ1) is 53.0. The molecule has 0 amide bonds. The van der Waals surface area contributed by atoms with Gasteiger partial charge in [0, 0.05) is 30.1 Å². The SMILES string of the molecule is CB(O)O.CCc1ccccc1.CCc1ccccc1.COC(=O)c1c(OCc2ccccc2)cc(C)c(Cl)c1Br.COc1cc(C)cc(Br)c1.Cc1cc(Br)c(C(=O)O)c(OCc2ccccc2)c1.Cc1cc(Br)cc(OCc2ccccc2)c1.O=Cc1ccccc1.O=Cc1ccccc1.O=Cc1ccccc1. The molecule has 12 aromatic rings. The molecule has 12 aromatic carbocycles. The lowest BCUT2D eigenvalue weighted by Crippen LogP contribution is -2.08. The summed E-state index contributed by atoms with van der Waals surface area (Å²) in [5.41, 5.74) is 12.8. The maximum absolute atomic E-state index is 11.9. The van der Waals surface area contributed by atoms with E-state index in [-0.39, 0.29) is 5.56 Å². The average Bonchev–Trinajstić information content (AvgIpc) is 0.809. The number of ether oxygens (including phenoxy) is 5. The summed E-state index contributed by atoms with van der Waals surface area (Å²) >= 11 is 19.6. The van der Waals surface area contributed by atoms with Crippen molar-refractivity contribution in [2.75, 3.05) is 14.2 Å². The Hall–Kier alpha value is -10.0. The Balaban J connectivity index is 0.000000327. The van der Waals surface area contributed by atoms with Crippen LogP contribution in [0.3, 0.4) is 0 Å². The van der Waals surface area contributed by atoms with Gasteiger partial charge in [0.2, 0.25) is 0 Å². The molecule has 0 saturated heterocycles. The summed E-state index contributed by atoms with van der Waals surface area (Å²) in [5.74, 6) is 1.12. The predicted molar refractivity (Wildman–Crippen MR) is 461 cm³/mol. The molecule has 0 bridgehead atoms. The van der Waals surface area contributed by atoms with E-state index in [1.807, 2.05) is 197 Å². The number of aldehydes is 3. The molecule has 19 heteroatoms. The highest BCUT2D eigenvalue weighted by Gasteiger charge is 2.22. The number of carbonyl (C=O) groups excluding carboxylic acids is 4. The van der Waals surface area contributed by atoms with Crippen molar-refractivity contribution in [3.05, 3.63) is 398 Å². The van der Waals surface area contributed by atoms with E-state index >= 15 is 0 Å². The minimum atomic E-state index is -1.17. The van der Waals surface area contributed by atoms with Gasteiger partial charge in [0.05, 0.1) is 23.7 Å². The Labute approximate surface area is 686 Å². The van der Waals surface area contributed by atoms with Crippen LogP contribution < -0.4 is 18.9 Å². The molecule has 110 heavy (non-hydrogen) atoms. The summed E-state index contributed by atoms with van der Waals surface area (Å²) in [6, 6.07) is 95.0. The number of rotatable bonds is 17. The average molecular weight is 1760 g/mol. The van der Waals surface area contributed by atoms with Crippen LogP contribution in [0.2, 0.25) is 11.8 Å². The highest BCUT2D eigenvalue weighted by atomic mass is 79.9. The number of carbonyl (C=O) groups is 5. The molecule has 0 unspecified atom stereocenters. The first kappa shape index (κ1) is 94.2. The van der Waals surface area contributed by atoms with E-state index in [9.17, 15) is 29.1 Å². The van der Waals surface area contributed by atoms with Crippen LogP contribution in [0.25, 0.3) is 0 Å². The fraction of sp³-hybridized carbons (Fsp3) is 0.154. The number of carboxylic acid groups (broad SMARTS) is 1. The summed E-state index contributed by atoms with van der Waals surface area (Å²) < 4.78 is 30.1. The second kappa shape index (κ2) is 56.2. The van der Waals surface area contributed by atoms with E-state index in [0.717, 1.165) is 91.1 Å². The Kier molecular flexibility index (Phi) is 48.2. The molecule has 0 saturated carbocycles.